The van der Waals surface area contributed by atoms with Gasteiger partial charge in [0.2, 0.25) is 11.8 Å². The van der Waals surface area contributed by atoms with Gasteiger partial charge < -0.3 is 10.6 Å². The average Bonchev–Trinajstić information content (AvgIpc) is 2.95. The zero-order chi connectivity index (χ0) is 18.0. The molecule has 1 aromatic heterocycles. The molecule has 3 amide bonds. The first-order chi connectivity index (χ1) is 12.0. The number of carbonyl (C=O) groups is 3. The lowest BCUT2D eigenvalue weighted by atomic mass is 9.90. The zero-order valence-electron chi connectivity index (χ0n) is 13.6. The SMILES string of the molecule is Cc1csc(NC(=O)CC2Cc3ccccc3NC2=O)c1C(=O)NN. The molecule has 0 bridgehead atoms. The summed E-state index contributed by atoms with van der Waals surface area (Å²) in [6, 6.07) is 7.54. The zero-order valence-corrected chi connectivity index (χ0v) is 14.4. The first-order valence-corrected chi connectivity index (χ1v) is 8.65. The van der Waals surface area contributed by atoms with Crippen LogP contribution in [0.15, 0.2) is 29.6 Å². The molecule has 0 saturated carbocycles. The smallest absolute Gasteiger partial charge is 0.268 e. The lowest BCUT2D eigenvalue weighted by Crippen LogP contribution is -2.33. The quantitative estimate of drug-likeness (QED) is 0.379. The van der Waals surface area contributed by atoms with Crippen LogP contribution in [0.25, 0.3) is 0 Å². The Labute approximate surface area is 148 Å². The molecule has 3 rings (SSSR count). The molecule has 1 aromatic carbocycles. The van der Waals surface area contributed by atoms with Gasteiger partial charge in [-0.1, -0.05) is 18.2 Å². The minimum absolute atomic E-state index is 0.0425. The van der Waals surface area contributed by atoms with Gasteiger partial charge in [-0.3, -0.25) is 19.8 Å². The second kappa shape index (κ2) is 7.04. The highest BCUT2D eigenvalue weighted by atomic mass is 32.1. The summed E-state index contributed by atoms with van der Waals surface area (Å²) >= 11 is 1.25. The lowest BCUT2D eigenvalue weighted by Gasteiger charge is -2.24. The number of nitrogens with one attached hydrogen (secondary N) is 3. The maximum absolute atomic E-state index is 12.4. The molecule has 0 radical (unpaired) electrons. The van der Waals surface area contributed by atoms with Gasteiger partial charge in [-0.2, -0.15) is 0 Å². The van der Waals surface area contributed by atoms with Gasteiger partial charge in [0.05, 0.1) is 11.5 Å². The first kappa shape index (κ1) is 17.1. The maximum Gasteiger partial charge on any atom is 0.268 e. The third kappa shape index (κ3) is 3.54. The van der Waals surface area contributed by atoms with E-state index in [1.54, 1.807) is 12.3 Å². The van der Waals surface area contributed by atoms with Crippen LogP contribution in [0, 0.1) is 12.8 Å². The van der Waals surface area contributed by atoms with Crippen molar-refractivity contribution in [1.29, 1.82) is 0 Å². The Morgan fingerprint density at radius 3 is 2.88 bits per heavy atom. The summed E-state index contributed by atoms with van der Waals surface area (Å²) in [7, 11) is 0. The molecule has 1 unspecified atom stereocenters. The van der Waals surface area contributed by atoms with Crippen LogP contribution in [0.3, 0.4) is 0 Å². The number of nitrogen functional groups attached to an aromatic ring is 1. The van der Waals surface area contributed by atoms with Crippen molar-refractivity contribution in [3.63, 3.8) is 0 Å². The van der Waals surface area contributed by atoms with Gasteiger partial charge in [0.15, 0.2) is 0 Å². The summed E-state index contributed by atoms with van der Waals surface area (Å²) in [5, 5.41) is 7.75. The second-order valence-electron chi connectivity index (χ2n) is 5.90. The van der Waals surface area contributed by atoms with Crippen molar-refractivity contribution in [3.8, 4) is 0 Å². The summed E-state index contributed by atoms with van der Waals surface area (Å²) in [5.41, 5.74) is 4.95. The molecule has 1 atom stereocenters. The molecule has 2 aromatic rings. The predicted molar refractivity (Wildman–Crippen MR) is 96.2 cm³/mol. The molecular weight excluding hydrogens is 340 g/mol. The van der Waals surface area contributed by atoms with Crippen molar-refractivity contribution in [2.45, 2.75) is 19.8 Å². The van der Waals surface area contributed by atoms with Crippen LogP contribution in [0.5, 0.6) is 0 Å². The number of para-hydroxylation sites is 1. The lowest BCUT2D eigenvalue weighted by molar-refractivity contribution is -0.125. The molecule has 1 aliphatic heterocycles. The number of hydrogen-bond donors (Lipinski definition) is 4. The van der Waals surface area contributed by atoms with E-state index in [-0.39, 0.29) is 18.2 Å². The largest absolute Gasteiger partial charge is 0.326 e. The Kier molecular flexibility index (Phi) is 4.82. The molecule has 8 heteroatoms. The fourth-order valence-corrected chi connectivity index (χ4v) is 3.83. The highest BCUT2D eigenvalue weighted by molar-refractivity contribution is 7.15. The first-order valence-electron chi connectivity index (χ1n) is 7.77. The Balaban J connectivity index is 1.70. The maximum atomic E-state index is 12.4. The van der Waals surface area contributed by atoms with Crippen LogP contribution in [0.1, 0.15) is 27.9 Å². The van der Waals surface area contributed by atoms with Crippen molar-refractivity contribution < 1.29 is 14.4 Å². The number of amides is 3. The number of hydrazine groups is 1. The Morgan fingerprint density at radius 1 is 1.36 bits per heavy atom. The van der Waals surface area contributed by atoms with Gasteiger partial charge in [0.25, 0.3) is 5.91 Å². The highest BCUT2D eigenvalue weighted by Crippen LogP contribution is 2.30. The summed E-state index contributed by atoms with van der Waals surface area (Å²) < 4.78 is 0. The number of rotatable bonds is 4. The molecule has 1 aliphatic rings. The van der Waals surface area contributed by atoms with E-state index in [4.69, 9.17) is 5.84 Å². The summed E-state index contributed by atoms with van der Waals surface area (Å²) in [6.07, 6.45) is 0.551. The van der Waals surface area contributed by atoms with Gasteiger partial charge in [0.1, 0.15) is 5.00 Å². The molecule has 0 spiro atoms. The molecule has 5 N–H and O–H groups in total. The summed E-state index contributed by atoms with van der Waals surface area (Å²) in [5.74, 6) is 3.80. The van der Waals surface area contributed by atoms with Crippen molar-refractivity contribution in [2.24, 2.45) is 11.8 Å². The third-order valence-corrected chi connectivity index (χ3v) is 5.14. The number of thiophene rings is 1. The highest BCUT2D eigenvalue weighted by Gasteiger charge is 2.28. The number of carbonyl (C=O) groups excluding carboxylic acids is 3. The van der Waals surface area contributed by atoms with Crippen molar-refractivity contribution in [3.05, 3.63) is 46.3 Å². The van der Waals surface area contributed by atoms with Crippen LogP contribution in [0.4, 0.5) is 10.7 Å². The van der Waals surface area contributed by atoms with Crippen molar-refractivity contribution in [1.82, 2.24) is 5.43 Å². The minimum Gasteiger partial charge on any atom is -0.326 e. The van der Waals surface area contributed by atoms with Crippen molar-refractivity contribution in [2.75, 3.05) is 10.6 Å². The summed E-state index contributed by atoms with van der Waals surface area (Å²) in [4.78, 5) is 36.4. The van der Waals surface area contributed by atoms with E-state index in [1.807, 2.05) is 24.3 Å². The molecule has 0 aliphatic carbocycles. The Bertz CT molecular complexity index is 846. The number of nitrogens with two attached hydrogens (primary N) is 1. The van der Waals surface area contributed by atoms with E-state index in [2.05, 4.69) is 16.1 Å². The summed E-state index contributed by atoms with van der Waals surface area (Å²) in [6.45, 7) is 1.77. The van der Waals surface area contributed by atoms with Crippen LogP contribution in [-0.2, 0) is 16.0 Å². The van der Waals surface area contributed by atoms with Crippen LogP contribution < -0.4 is 21.9 Å². The monoisotopic (exact) mass is 358 g/mol. The van der Waals surface area contributed by atoms with Crippen LogP contribution in [-0.4, -0.2) is 17.7 Å². The van der Waals surface area contributed by atoms with Gasteiger partial charge in [-0.05, 0) is 35.9 Å². The van der Waals surface area contributed by atoms with E-state index in [0.29, 0.717) is 17.0 Å². The molecule has 0 saturated heterocycles. The van der Waals surface area contributed by atoms with Crippen LogP contribution >= 0.6 is 11.3 Å². The Hall–Kier alpha value is -2.71. The van der Waals surface area contributed by atoms with Gasteiger partial charge in [0, 0.05) is 12.1 Å². The van der Waals surface area contributed by atoms with Crippen LogP contribution in [0.2, 0.25) is 0 Å². The fourth-order valence-electron chi connectivity index (χ4n) is 2.87. The second-order valence-corrected chi connectivity index (χ2v) is 6.78. The molecule has 7 nitrogen and oxygen atoms in total. The van der Waals surface area contributed by atoms with Crippen molar-refractivity contribution >= 4 is 39.7 Å². The Morgan fingerprint density at radius 2 is 2.12 bits per heavy atom. The molecular formula is C17H18N4O3S. The van der Waals surface area contributed by atoms with E-state index < -0.39 is 11.8 Å². The number of aryl methyl sites for hydroxylation is 1. The number of fused-ring (bicyclic) bond motifs is 1. The fraction of sp³-hybridized carbons (Fsp3) is 0.235. The molecule has 130 valence electrons. The number of benzene rings is 1. The van der Waals surface area contributed by atoms with Gasteiger partial charge in [-0.15, -0.1) is 11.3 Å². The third-order valence-electron chi connectivity index (χ3n) is 4.13. The van der Waals surface area contributed by atoms with Gasteiger partial charge in [-0.25, -0.2) is 5.84 Å². The topological polar surface area (TPSA) is 113 Å². The van der Waals surface area contributed by atoms with Gasteiger partial charge >= 0.3 is 0 Å². The number of hydrogen-bond acceptors (Lipinski definition) is 5. The van der Waals surface area contributed by atoms with E-state index in [9.17, 15) is 14.4 Å². The van der Waals surface area contributed by atoms with E-state index in [1.165, 1.54) is 11.3 Å². The average molecular weight is 358 g/mol. The molecule has 0 fully saturated rings. The predicted octanol–water partition coefficient (Wildman–Crippen LogP) is 1.80. The molecule has 2 heterocycles. The minimum atomic E-state index is -0.460. The van der Waals surface area contributed by atoms with E-state index >= 15 is 0 Å². The standard InChI is InChI=1S/C17H18N4O3S/c1-9-8-25-17(14(9)16(24)21-18)20-13(22)7-11-6-10-4-2-3-5-12(10)19-15(11)23/h2-5,8,11H,6-7,18H2,1H3,(H,19,23)(H,20,22)(H,21,24). The normalized spacial score (nSPS) is 15.9. The number of anilines is 2. The molecule has 25 heavy (non-hydrogen) atoms. The van der Waals surface area contributed by atoms with E-state index in [0.717, 1.165) is 16.8 Å².